The number of hydrogen-bond donors (Lipinski definition) is 1. The quantitative estimate of drug-likeness (QED) is 0.279. The van der Waals surface area contributed by atoms with E-state index >= 15 is 0 Å². The summed E-state index contributed by atoms with van der Waals surface area (Å²) < 4.78 is 5.26. The van der Waals surface area contributed by atoms with Crippen LogP contribution < -0.4 is 5.32 Å². The highest BCUT2D eigenvalue weighted by Gasteiger charge is 2.17. The summed E-state index contributed by atoms with van der Waals surface area (Å²) in [6.07, 6.45) is 0. The molecule has 1 N–H and O–H groups in total. The zero-order valence-electron chi connectivity index (χ0n) is 18.7. The van der Waals surface area contributed by atoms with Gasteiger partial charge >= 0.3 is 5.97 Å². The van der Waals surface area contributed by atoms with E-state index in [2.05, 4.69) is 5.32 Å². The molecule has 0 saturated heterocycles. The number of ketones is 1. The molecule has 4 rings (SSSR count). The van der Waals surface area contributed by atoms with E-state index in [-0.39, 0.29) is 17.3 Å². The lowest BCUT2D eigenvalue weighted by Gasteiger charge is -2.11. The summed E-state index contributed by atoms with van der Waals surface area (Å²) in [5.41, 5.74) is 4.51. The number of para-hydroxylation sites is 1. The molecule has 4 aromatic carbocycles. The predicted molar refractivity (Wildman–Crippen MR) is 132 cm³/mol. The molecule has 34 heavy (non-hydrogen) atoms. The molecule has 5 heteroatoms. The lowest BCUT2D eigenvalue weighted by Crippen LogP contribution is -2.18. The lowest BCUT2D eigenvalue weighted by molar-refractivity contribution is 0.0475. The van der Waals surface area contributed by atoms with Crippen LogP contribution in [0.5, 0.6) is 0 Å². The van der Waals surface area contributed by atoms with Crippen LogP contribution in [-0.4, -0.2) is 24.3 Å². The van der Waals surface area contributed by atoms with Crippen molar-refractivity contribution in [1.29, 1.82) is 0 Å². The van der Waals surface area contributed by atoms with Crippen LogP contribution in [0.4, 0.5) is 5.69 Å². The Kier molecular flexibility index (Phi) is 6.94. The number of carbonyl (C=O) groups is 3. The molecular formula is C29H23NO4. The minimum atomic E-state index is -0.686. The number of rotatable bonds is 7. The van der Waals surface area contributed by atoms with E-state index in [0.717, 1.165) is 16.7 Å². The minimum Gasteiger partial charge on any atom is -0.454 e. The zero-order chi connectivity index (χ0) is 23.9. The van der Waals surface area contributed by atoms with Crippen LogP contribution in [0.15, 0.2) is 103 Å². The Balaban J connectivity index is 1.40. The van der Waals surface area contributed by atoms with Gasteiger partial charge in [-0.25, -0.2) is 4.79 Å². The maximum absolute atomic E-state index is 12.7. The van der Waals surface area contributed by atoms with E-state index in [1.165, 1.54) is 0 Å². The summed E-state index contributed by atoms with van der Waals surface area (Å²) in [5.74, 6) is -1.34. The molecule has 0 aliphatic rings. The third-order valence-corrected chi connectivity index (χ3v) is 5.36. The van der Waals surface area contributed by atoms with E-state index < -0.39 is 12.6 Å². The first-order chi connectivity index (χ1) is 16.5. The van der Waals surface area contributed by atoms with Gasteiger partial charge < -0.3 is 10.1 Å². The second kappa shape index (κ2) is 10.4. The Morgan fingerprint density at radius 1 is 0.676 bits per heavy atom. The van der Waals surface area contributed by atoms with Crippen molar-refractivity contribution in [3.05, 3.63) is 125 Å². The van der Waals surface area contributed by atoms with Gasteiger partial charge in [0, 0.05) is 11.1 Å². The molecule has 0 radical (unpaired) electrons. The molecule has 5 nitrogen and oxygen atoms in total. The highest BCUT2D eigenvalue weighted by Crippen LogP contribution is 2.20. The van der Waals surface area contributed by atoms with Gasteiger partial charge in [-0.1, -0.05) is 84.4 Å². The average molecular weight is 450 g/mol. The maximum Gasteiger partial charge on any atom is 0.340 e. The van der Waals surface area contributed by atoms with Crippen LogP contribution in [0.3, 0.4) is 0 Å². The third kappa shape index (κ3) is 5.45. The fourth-order valence-corrected chi connectivity index (χ4v) is 3.44. The Bertz CT molecular complexity index is 1310. The van der Waals surface area contributed by atoms with Crippen molar-refractivity contribution in [2.45, 2.75) is 6.92 Å². The van der Waals surface area contributed by atoms with Crippen molar-refractivity contribution >= 4 is 23.3 Å². The van der Waals surface area contributed by atoms with Gasteiger partial charge in [-0.3, -0.25) is 9.59 Å². The summed E-state index contributed by atoms with van der Waals surface area (Å²) in [5, 5.41) is 2.74. The molecule has 0 atom stereocenters. The number of anilines is 1. The van der Waals surface area contributed by atoms with Crippen molar-refractivity contribution in [1.82, 2.24) is 0 Å². The van der Waals surface area contributed by atoms with Crippen molar-refractivity contribution < 1.29 is 19.1 Å². The molecule has 0 saturated carbocycles. The number of Topliss-reactive ketones (excluding diaryl/α,β-unsaturated/α-hetero) is 1. The Morgan fingerprint density at radius 3 is 1.97 bits per heavy atom. The van der Waals surface area contributed by atoms with E-state index in [9.17, 15) is 14.4 Å². The predicted octanol–water partition coefficient (Wildman–Crippen LogP) is 5.95. The van der Waals surface area contributed by atoms with Crippen molar-refractivity contribution in [3.8, 4) is 11.1 Å². The van der Waals surface area contributed by atoms with Gasteiger partial charge in [-0.15, -0.1) is 0 Å². The van der Waals surface area contributed by atoms with Gasteiger partial charge in [0.1, 0.15) is 0 Å². The largest absolute Gasteiger partial charge is 0.454 e. The lowest BCUT2D eigenvalue weighted by atomic mass is 10.0. The second-order valence-corrected chi connectivity index (χ2v) is 7.81. The van der Waals surface area contributed by atoms with Crippen LogP contribution in [0.2, 0.25) is 0 Å². The number of nitrogens with one attached hydrogen (secondary N) is 1. The molecule has 4 aromatic rings. The summed E-state index contributed by atoms with van der Waals surface area (Å²) in [7, 11) is 0. The normalized spacial score (nSPS) is 10.4. The van der Waals surface area contributed by atoms with E-state index in [4.69, 9.17) is 4.74 Å². The smallest absolute Gasteiger partial charge is 0.340 e. The minimum absolute atomic E-state index is 0.176. The molecule has 0 bridgehead atoms. The highest BCUT2D eigenvalue weighted by atomic mass is 16.5. The molecule has 0 unspecified atom stereocenters. The van der Waals surface area contributed by atoms with E-state index in [0.29, 0.717) is 16.8 Å². The molecule has 0 aliphatic carbocycles. The number of benzene rings is 4. The molecule has 168 valence electrons. The van der Waals surface area contributed by atoms with Crippen molar-refractivity contribution in [3.63, 3.8) is 0 Å². The fourth-order valence-electron chi connectivity index (χ4n) is 3.44. The van der Waals surface area contributed by atoms with Crippen LogP contribution in [0.1, 0.15) is 36.6 Å². The van der Waals surface area contributed by atoms with E-state index in [1.807, 2.05) is 61.5 Å². The first-order valence-electron chi connectivity index (χ1n) is 10.8. The van der Waals surface area contributed by atoms with Crippen molar-refractivity contribution in [2.24, 2.45) is 0 Å². The van der Waals surface area contributed by atoms with Gasteiger partial charge in [-0.05, 0) is 42.3 Å². The summed E-state index contributed by atoms with van der Waals surface area (Å²) in [6, 6.07) is 30.7. The van der Waals surface area contributed by atoms with Crippen LogP contribution in [0, 0.1) is 6.92 Å². The van der Waals surface area contributed by atoms with Crippen LogP contribution in [-0.2, 0) is 4.74 Å². The number of ether oxygens (including phenoxy) is 1. The zero-order valence-corrected chi connectivity index (χ0v) is 18.7. The summed E-state index contributed by atoms with van der Waals surface area (Å²) in [4.78, 5) is 37.8. The maximum atomic E-state index is 12.7. The average Bonchev–Trinajstić information content (AvgIpc) is 2.88. The Labute approximate surface area is 198 Å². The van der Waals surface area contributed by atoms with Crippen molar-refractivity contribution in [2.75, 3.05) is 11.9 Å². The monoisotopic (exact) mass is 449 g/mol. The highest BCUT2D eigenvalue weighted by molar-refractivity contribution is 6.08. The molecule has 0 spiro atoms. The molecule has 0 heterocycles. The SMILES string of the molecule is Cc1ccc(C(=O)Nc2ccccc2C(=O)OCC(=O)c2ccc(-c3ccccc3)cc2)cc1. The van der Waals surface area contributed by atoms with Crippen LogP contribution in [0.25, 0.3) is 11.1 Å². The second-order valence-electron chi connectivity index (χ2n) is 7.81. The number of carbonyl (C=O) groups excluding carboxylic acids is 3. The van der Waals surface area contributed by atoms with Gasteiger partial charge in [0.15, 0.2) is 12.4 Å². The molecular weight excluding hydrogens is 426 g/mol. The standard InChI is InChI=1S/C29H23NO4/c1-20-11-13-24(14-12-20)28(32)30-26-10-6-5-9-25(26)29(33)34-19-27(31)23-17-15-22(16-18-23)21-7-3-2-4-8-21/h2-18H,19H2,1H3,(H,30,32). The first-order valence-corrected chi connectivity index (χ1v) is 10.8. The molecule has 0 fully saturated rings. The van der Waals surface area contributed by atoms with Crippen LogP contribution >= 0.6 is 0 Å². The van der Waals surface area contributed by atoms with Gasteiger partial charge in [0.2, 0.25) is 0 Å². The first kappa shape index (κ1) is 22.7. The number of esters is 1. The van der Waals surface area contributed by atoms with Gasteiger partial charge in [0.25, 0.3) is 5.91 Å². The molecule has 0 aromatic heterocycles. The van der Waals surface area contributed by atoms with Gasteiger partial charge in [-0.2, -0.15) is 0 Å². The Hall–Kier alpha value is -4.51. The Morgan fingerprint density at radius 2 is 1.26 bits per heavy atom. The third-order valence-electron chi connectivity index (χ3n) is 5.36. The number of hydrogen-bond acceptors (Lipinski definition) is 4. The summed E-state index contributed by atoms with van der Waals surface area (Å²) in [6.45, 7) is 1.54. The van der Waals surface area contributed by atoms with Gasteiger partial charge in [0.05, 0.1) is 11.3 Å². The summed E-state index contributed by atoms with van der Waals surface area (Å²) >= 11 is 0. The molecule has 1 amide bonds. The number of amides is 1. The molecule has 0 aliphatic heterocycles. The fraction of sp³-hybridized carbons (Fsp3) is 0.0690. The topological polar surface area (TPSA) is 72.5 Å². The van der Waals surface area contributed by atoms with E-state index in [1.54, 1.807) is 48.5 Å². The number of aryl methyl sites for hydroxylation is 1.